The lowest BCUT2D eigenvalue weighted by atomic mass is 10.3. The molecule has 0 heterocycles. The maximum absolute atomic E-state index is 12.8. The van der Waals surface area contributed by atoms with Gasteiger partial charge in [-0.25, -0.2) is 8.42 Å². The summed E-state index contributed by atoms with van der Waals surface area (Å²) in [6.07, 6.45) is 0. The highest BCUT2D eigenvalue weighted by molar-refractivity contribution is 7.89. The normalized spacial score (nSPS) is 11.3. The first kappa shape index (κ1) is 21.0. The Balaban J connectivity index is 2.10. The largest absolute Gasteiger partial charge is 0.495 e. The molecule has 27 heavy (non-hydrogen) atoms. The number of sulfonamides is 1. The van der Waals surface area contributed by atoms with Gasteiger partial charge < -0.3 is 14.8 Å². The molecule has 0 saturated carbocycles. The quantitative estimate of drug-likeness (QED) is 0.720. The first-order valence-corrected chi connectivity index (χ1v) is 9.92. The fourth-order valence-electron chi connectivity index (χ4n) is 2.31. The molecule has 0 aliphatic heterocycles. The summed E-state index contributed by atoms with van der Waals surface area (Å²) in [5.41, 5.74) is 0.537. The average Bonchev–Trinajstić information content (AvgIpc) is 2.63. The van der Waals surface area contributed by atoms with Crippen LogP contribution in [0.3, 0.4) is 0 Å². The number of benzene rings is 2. The second-order valence-electron chi connectivity index (χ2n) is 5.56. The molecule has 0 radical (unpaired) electrons. The minimum absolute atomic E-state index is 0.103. The Bertz CT molecular complexity index is 900. The van der Waals surface area contributed by atoms with Crippen LogP contribution in [0.2, 0.25) is 5.02 Å². The molecule has 1 N–H and O–H groups in total. The van der Waals surface area contributed by atoms with Crippen molar-refractivity contribution in [3.63, 3.8) is 0 Å². The Hall–Kier alpha value is -2.29. The van der Waals surface area contributed by atoms with Crippen LogP contribution in [0.25, 0.3) is 0 Å². The smallest absolute Gasteiger partial charge is 0.247 e. The lowest BCUT2D eigenvalue weighted by molar-refractivity contribution is -0.116. The van der Waals surface area contributed by atoms with Gasteiger partial charge in [-0.2, -0.15) is 4.31 Å². The summed E-state index contributed by atoms with van der Waals surface area (Å²) in [6.45, 7) is 2.05. The van der Waals surface area contributed by atoms with Gasteiger partial charge in [0.05, 0.1) is 20.3 Å². The molecule has 7 nitrogen and oxygen atoms in total. The summed E-state index contributed by atoms with van der Waals surface area (Å²) >= 11 is 5.90. The van der Waals surface area contributed by atoms with Crippen LogP contribution in [0.1, 0.15) is 6.92 Å². The lowest BCUT2D eigenvalue weighted by Crippen LogP contribution is -2.35. The van der Waals surface area contributed by atoms with Gasteiger partial charge in [0.25, 0.3) is 0 Å². The molecule has 0 aromatic heterocycles. The monoisotopic (exact) mass is 412 g/mol. The number of hydrogen-bond acceptors (Lipinski definition) is 5. The SMILES string of the molecule is CCOc1ccc(NC(=O)CN(C)S(=O)(=O)c2cc(Cl)ccc2OC)cc1. The van der Waals surface area contributed by atoms with Gasteiger partial charge in [0.15, 0.2) is 0 Å². The number of likely N-dealkylation sites (N-methyl/N-ethyl adjacent to an activating group) is 1. The van der Waals surface area contributed by atoms with Crippen LogP contribution < -0.4 is 14.8 Å². The maximum Gasteiger partial charge on any atom is 0.247 e. The molecule has 1 amide bonds. The number of rotatable bonds is 8. The molecule has 2 aromatic carbocycles. The van der Waals surface area contributed by atoms with E-state index in [-0.39, 0.29) is 22.2 Å². The molecule has 2 aromatic rings. The zero-order valence-electron chi connectivity index (χ0n) is 15.2. The third-order valence-corrected chi connectivity index (χ3v) is 5.69. The fraction of sp³-hybridized carbons (Fsp3) is 0.278. The number of ether oxygens (including phenoxy) is 2. The highest BCUT2D eigenvalue weighted by atomic mass is 35.5. The molecular weight excluding hydrogens is 392 g/mol. The van der Waals surface area contributed by atoms with E-state index < -0.39 is 15.9 Å². The highest BCUT2D eigenvalue weighted by Gasteiger charge is 2.26. The molecule has 0 unspecified atom stereocenters. The van der Waals surface area contributed by atoms with Crippen LogP contribution in [-0.4, -0.2) is 45.9 Å². The Morgan fingerprint density at radius 1 is 1.19 bits per heavy atom. The molecule has 0 aliphatic rings. The van der Waals surface area contributed by atoms with E-state index in [9.17, 15) is 13.2 Å². The van der Waals surface area contributed by atoms with Crippen molar-refractivity contribution in [1.82, 2.24) is 4.31 Å². The maximum atomic E-state index is 12.8. The number of methoxy groups -OCH3 is 1. The summed E-state index contributed by atoms with van der Waals surface area (Å²) in [7, 11) is -1.29. The van der Waals surface area contributed by atoms with Gasteiger partial charge in [0.1, 0.15) is 16.4 Å². The first-order chi connectivity index (χ1) is 12.8. The van der Waals surface area contributed by atoms with Crippen LogP contribution in [-0.2, 0) is 14.8 Å². The minimum Gasteiger partial charge on any atom is -0.495 e. The number of nitrogens with zero attached hydrogens (tertiary/aromatic N) is 1. The molecule has 0 saturated heterocycles. The van der Waals surface area contributed by atoms with Crippen LogP contribution in [0, 0.1) is 0 Å². The Kier molecular flexibility index (Phi) is 7.06. The molecule has 0 atom stereocenters. The van der Waals surface area contributed by atoms with Crippen molar-refractivity contribution < 1.29 is 22.7 Å². The number of anilines is 1. The van der Waals surface area contributed by atoms with Gasteiger partial charge in [0.2, 0.25) is 15.9 Å². The van der Waals surface area contributed by atoms with Gasteiger partial charge >= 0.3 is 0 Å². The van der Waals surface area contributed by atoms with Gasteiger partial charge in [-0.15, -0.1) is 0 Å². The van der Waals surface area contributed by atoms with Crippen molar-refractivity contribution >= 4 is 33.2 Å². The lowest BCUT2D eigenvalue weighted by Gasteiger charge is -2.18. The third-order valence-electron chi connectivity index (χ3n) is 3.63. The molecule has 0 aliphatic carbocycles. The van der Waals surface area contributed by atoms with Crippen molar-refractivity contribution in [3.05, 3.63) is 47.5 Å². The van der Waals surface area contributed by atoms with Crippen LogP contribution in [0.15, 0.2) is 47.4 Å². The van der Waals surface area contributed by atoms with E-state index in [1.807, 2.05) is 6.92 Å². The molecule has 146 valence electrons. The molecule has 9 heteroatoms. The van der Waals surface area contributed by atoms with Crippen LogP contribution in [0.4, 0.5) is 5.69 Å². The Morgan fingerprint density at radius 3 is 2.44 bits per heavy atom. The molecular formula is C18H21ClN2O5S. The molecule has 0 bridgehead atoms. The summed E-state index contributed by atoms with van der Waals surface area (Å²) in [6, 6.07) is 11.1. The average molecular weight is 413 g/mol. The van der Waals surface area contributed by atoms with Gasteiger partial charge in [0, 0.05) is 17.8 Å². The van der Waals surface area contributed by atoms with E-state index in [2.05, 4.69) is 5.32 Å². The minimum atomic E-state index is -3.96. The zero-order valence-corrected chi connectivity index (χ0v) is 16.8. The summed E-state index contributed by atoms with van der Waals surface area (Å²) in [4.78, 5) is 12.1. The zero-order chi connectivity index (χ0) is 20.0. The molecule has 2 rings (SSSR count). The van der Waals surface area contributed by atoms with Crippen molar-refractivity contribution in [2.75, 3.05) is 32.6 Å². The predicted molar refractivity (Wildman–Crippen MR) is 104 cm³/mol. The van der Waals surface area contributed by atoms with Crippen molar-refractivity contribution in [3.8, 4) is 11.5 Å². The van der Waals surface area contributed by atoms with E-state index in [1.165, 1.54) is 32.4 Å². The standard InChI is InChI=1S/C18H21ClN2O5S/c1-4-26-15-8-6-14(7-9-15)20-18(22)12-21(2)27(23,24)17-11-13(19)5-10-16(17)25-3/h5-11H,4,12H2,1-3H3,(H,20,22). The summed E-state index contributed by atoms with van der Waals surface area (Å²) in [5, 5.41) is 2.90. The third kappa shape index (κ3) is 5.35. The topological polar surface area (TPSA) is 84.9 Å². The number of halogens is 1. The highest BCUT2D eigenvalue weighted by Crippen LogP contribution is 2.29. The van der Waals surface area contributed by atoms with E-state index >= 15 is 0 Å². The Morgan fingerprint density at radius 2 is 1.85 bits per heavy atom. The van der Waals surface area contributed by atoms with Crippen molar-refractivity contribution in [1.29, 1.82) is 0 Å². The second-order valence-corrected chi connectivity index (χ2v) is 8.01. The second kappa shape index (κ2) is 9.07. The summed E-state index contributed by atoms with van der Waals surface area (Å²) < 4.78 is 36.9. The fourth-order valence-corrected chi connectivity index (χ4v) is 3.85. The first-order valence-electron chi connectivity index (χ1n) is 8.10. The Labute approximate surface area is 163 Å². The van der Waals surface area contributed by atoms with Gasteiger partial charge in [-0.05, 0) is 49.4 Å². The van der Waals surface area contributed by atoms with Crippen molar-refractivity contribution in [2.24, 2.45) is 0 Å². The van der Waals surface area contributed by atoms with E-state index in [1.54, 1.807) is 24.3 Å². The molecule has 0 spiro atoms. The molecule has 0 fully saturated rings. The van der Waals surface area contributed by atoms with Crippen LogP contribution in [0.5, 0.6) is 11.5 Å². The van der Waals surface area contributed by atoms with E-state index in [0.29, 0.717) is 18.0 Å². The summed E-state index contributed by atoms with van der Waals surface area (Å²) in [5.74, 6) is 0.354. The van der Waals surface area contributed by atoms with Crippen LogP contribution >= 0.6 is 11.6 Å². The van der Waals surface area contributed by atoms with Crippen molar-refractivity contribution in [2.45, 2.75) is 11.8 Å². The number of carbonyl (C=O) groups excluding carboxylic acids is 1. The number of carbonyl (C=O) groups is 1. The number of amides is 1. The predicted octanol–water partition coefficient (Wildman–Crippen LogP) is 3.01. The van der Waals surface area contributed by atoms with E-state index in [4.69, 9.17) is 21.1 Å². The van der Waals surface area contributed by atoms with Gasteiger partial charge in [-0.3, -0.25) is 4.79 Å². The van der Waals surface area contributed by atoms with E-state index in [0.717, 1.165) is 4.31 Å². The van der Waals surface area contributed by atoms with Gasteiger partial charge in [-0.1, -0.05) is 11.6 Å². The number of hydrogen-bond donors (Lipinski definition) is 1. The number of nitrogens with one attached hydrogen (secondary N) is 1.